The zero-order chi connectivity index (χ0) is 21.1. The fourth-order valence-corrected chi connectivity index (χ4v) is 4.93. The van der Waals surface area contributed by atoms with Crippen molar-refractivity contribution in [1.82, 2.24) is 9.55 Å². The summed E-state index contributed by atoms with van der Waals surface area (Å²) in [6.07, 6.45) is 3.04. The lowest BCUT2D eigenvalue weighted by Gasteiger charge is -2.37. The van der Waals surface area contributed by atoms with Gasteiger partial charge in [0, 0.05) is 6.20 Å². The molecule has 0 saturated carbocycles. The SMILES string of the molecule is OC(c1ccsc1)c1cn(C(c2ccccc2)(c2ccccc2)c2ccccc2)cn1. The Morgan fingerprint density at radius 1 is 0.742 bits per heavy atom. The fraction of sp³-hybridized carbons (Fsp3) is 0.0741. The summed E-state index contributed by atoms with van der Waals surface area (Å²) in [4.78, 5) is 4.63. The van der Waals surface area contributed by atoms with E-state index in [2.05, 4.69) is 82.3 Å². The van der Waals surface area contributed by atoms with Crippen LogP contribution in [0.2, 0.25) is 0 Å². The third-order valence-electron chi connectivity index (χ3n) is 5.70. The van der Waals surface area contributed by atoms with Crippen molar-refractivity contribution in [1.29, 1.82) is 0 Å². The third-order valence-corrected chi connectivity index (χ3v) is 6.41. The first kappa shape index (κ1) is 19.5. The van der Waals surface area contributed by atoms with Gasteiger partial charge in [-0.1, -0.05) is 91.0 Å². The molecule has 0 radical (unpaired) electrons. The first-order chi connectivity index (χ1) is 15.3. The summed E-state index contributed by atoms with van der Waals surface area (Å²) in [6.45, 7) is 0. The van der Waals surface area contributed by atoms with Crippen LogP contribution < -0.4 is 0 Å². The average Bonchev–Trinajstić information content (AvgIpc) is 3.55. The molecule has 0 aliphatic rings. The van der Waals surface area contributed by atoms with Crippen LogP contribution in [-0.2, 0) is 5.54 Å². The van der Waals surface area contributed by atoms with E-state index in [0.717, 1.165) is 22.3 Å². The van der Waals surface area contributed by atoms with Gasteiger partial charge in [0.2, 0.25) is 0 Å². The molecular formula is C27H22N2OS. The number of thiophene rings is 1. The number of rotatable bonds is 6. The topological polar surface area (TPSA) is 38.0 Å². The van der Waals surface area contributed by atoms with Crippen molar-refractivity contribution in [2.75, 3.05) is 0 Å². The smallest absolute Gasteiger partial charge is 0.123 e. The van der Waals surface area contributed by atoms with Crippen molar-refractivity contribution in [3.8, 4) is 0 Å². The van der Waals surface area contributed by atoms with E-state index < -0.39 is 11.6 Å². The Hall–Kier alpha value is -3.47. The van der Waals surface area contributed by atoms with Gasteiger partial charge < -0.3 is 9.67 Å². The monoisotopic (exact) mass is 422 g/mol. The highest BCUT2D eigenvalue weighted by atomic mass is 32.1. The van der Waals surface area contributed by atoms with Crippen LogP contribution in [0.25, 0.3) is 0 Å². The molecule has 0 fully saturated rings. The second-order valence-electron chi connectivity index (χ2n) is 7.47. The molecule has 0 saturated heterocycles. The predicted octanol–water partition coefficient (Wildman–Crippen LogP) is 5.87. The molecule has 1 unspecified atom stereocenters. The molecule has 2 aromatic heterocycles. The quantitative estimate of drug-likeness (QED) is 0.348. The van der Waals surface area contributed by atoms with Crippen molar-refractivity contribution >= 4 is 11.3 Å². The Morgan fingerprint density at radius 3 is 1.71 bits per heavy atom. The molecule has 152 valence electrons. The van der Waals surface area contributed by atoms with Gasteiger partial charge in [-0.2, -0.15) is 11.3 Å². The first-order valence-electron chi connectivity index (χ1n) is 10.2. The molecular weight excluding hydrogens is 400 g/mol. The van der Waals surface area contributed by atoms with Crippen LogP contribution in [0.15, 0.2) is 120 Å². The normalized spacial score (nSPS) is 12.5. The van der Waals surface area contributed by atoms with Crippen LogP contribution in [0.4, 0.5) is 0 Å². The lowest BCUT2D eigenvalue weighted by molar-refractivity contribution is 0.216. The number of hydrogen-bond donors (Lipinski definition) is 1. The van der Waals surface area contributed by atoms with Crippen LogP contribution in [0.5, 0.6) is 0 Å². The highest BCUT2D eigenvalue weighted by Crippen LogP contribution is 2.41. The Bertz CT molecular complexity index is 1140. The summed E-state index contributed by atoms with van der Waals surface area (Å²) in [5.74, 6) is 0. The first-order valence-corrected chi connectivity index (χ1v) is 11.2. The Kier molecular flexibility index (Phi) is 5.24. The molecule has 4 heteroatoms. The molecule has 1 N–H and O–H groups in total. The molecule has 0 aliphatic heterocycles. The maximum Gasteiger partial charge on any atom is 0.123 e. The largest absolute Gasteiger partial charge is 0.382 e. The Labute approximate surface area is 185 Å². The number of hydrogen-bond acceptors (Lipinski definition) is 3. The number of benzene rings is 3. The zero-order valence-electron chi connectivity index (χ0n) is 16.9. The van der Waals surface area contributed by atoms with E-state index in [1.807, 2.05) is 47.5 Å². The number of nitrogens with zero attached hydrogens (tertiary/aromatic N) is 2. The third kappa shape index (κ3) is 3.40. The minimum atomic E-state index is -0.757. The van der Waals surface area contributed by atoms with Crippen LogP contribution in [0.1, 0.15) is 34.1 Å². The van der Waals surface area contributed by atoms with Gasteiger partial charge in [0.05, 0.1) is 12.0 Å². The Morgan fingerprint density at radius 2 is 1.26 bits per heavy atom. The second kappa shape index (κ2) is 8.34. The van der Waals surface area contributed by atoms with Crippen LogP contribution in [-0.4, -0.2) is 14.7 Å². The molecule has 3 aromatic carbocycles. The zero-order valence-corrected chi connectivity index (χ0v) is 17.7. The molecule has 5 aromatic rings. The number of aromatic nitrogens is 2. The predicted molar refractivity (Wildman–Crippen MR) is 125 cm³/mol. The van der Waals surface area contributed by atoms with Gasteiger partial charge in [0.25, 0.3) is 0 Å². The van der Waals surface area contributed by atoms with Gasteiger partial charge in [-0.15, -0.1) is 0 Å². The highest BCUT2D eigenvalue weighted by Gasteiger charge is 2.38. The van der Waals surface area contributed by atoms with E-state index in [0.29, 0.717) is 5.69 Å². The molecule has 0 aliphatic carbocycles. The molecule has 0 amide bonds. The van der Waals surface area contributed by atoms with Crippen LogP contribution >= 0.6 is 11.3 Å². The van der Waals surface area contributed by atoms with Gasteiger partial charge >= 0.3 is 0 Å². The molecule has 3 nitrogen and oxygen atoms in total. The van der Waals surface area contributed by atoms with Crippen molar-refractivity contribution in [3.05, 3.63) is 148 Å². The fourth-order valence-electron chi connectivity index (χ4n) is 4.25. The second-order valence-corrected chi connectivity index (χ2v) is 8.25. The van der Waals surface area contributed by atoms with Crippen molar-refractivity contribution in [2.24, 2.45) is 0 Å². The number of imidazole rings is 1. The van der Waals surface area contributed by atoms with Gasteiger partial charge in [-0.3, -0.25) is 0 Å². The van der Waals surface area contributed by atoms with E-state index in [9.17, 15) is 5.11 Å². The summed E-state index contributed by atoms with van der Waals surface area (Å²) < 4.78 is 2.12. The van der Waals surface area contributed by atoms with Crippen molar-refractivity contribution in [3.63, 3.8) is 0 Å². The van der Waals surface area contributed by atoms with Crippen molar-refractivity contribution in [2.45, 2.75) is 11.6 Å². The van der Waals surface area contributed by atoms with E-state index >= 15 is 0 Å². The molecule has 31 heavy (non-hydrogen) atoms. The summed E-state index contributed by atoms with van der Waals surface area (Å²) in [6, 6.07) is 33.3. The van der Waals surface area contributed by atoms with Crippen LogP contribution in [0, 0.1) is 0 Å². The molecule has 2 heterocycles. The standard InChI is InChI=1S/C27H22N2OS/c30-26(21-16-17-31-19-21)25-18-29(20-28-25)27(22-10-4-1-5-11-22,23-12-6-2-7-13-23)24-14-8-3-9-15-24/h1-20,26,30H. The molecule has 0 bridgehead atoms. The average molecular weight is 423 g/mol. The van der Waals surface area contributed by atoms with E-state index in [-0.39, 0.29) is 0 Å². The molecule has 0 spiro atoms. The number of aliphatic hydroxyl groups is 1. The summed E-state index contributed by atoms with van der Waals surface area (Å²) >= 11 is 1.57. The Balaban J connectivity index is 1.77. The van der Waals surface area contributed by atoms with E-state index in [1.165, 1.54) is 0 Å². The maximum absolute atomic E-state index is 10.9. The van der Waals surface area contributed by atoms with E-state index in [1.54, 1.807) is 11.3 Å². The minimum absolute atomic E-state index is 0.622. The maximum atomic E-state index is 10.9. The summed E-state index contributed by atoms with van der Waals surface area (Å²) in [5.41, 5.74) is 4.25. The van der Waals surface area contributed by atoms with Crippen molar-refractivity contribution < 1.29 is 5.11 Å². The molecule has 5 rings (SSSR count). The molecule has 1 atom stereocenters. The highest BCUT2D eigenvalue weighted by molar-refractivity contribution is 7.08. The van der Waals surface area contributed by atoms with Crippen LogP contribution in [0.3, 0.4) is 0 Å². The number of aliphatic hydroxyl groups excluding tert-OH is 1. The van der Waals surface area contributed by atoms with Gasteiger partial charge in [-0.05, 0) is 39.1 Å². The van der Waals surface area contributed by atoms with Gasteiger partial charge in [-0.25, -0.2) is 4.98 Å². The summed E-state index contributed by atoms with van der Waals surface area (Å²) in [5, 5.41) is 14.8. The summed E-state index contributed by atoms with van der Waals surface area (Å²) in [7, 11) is 0. The lowest BCUT2D eigenvalue weighted by Crippen LogP contribution is -2.37. The van der Waals surface area contributed by atoms with Gasteiger partial charge in [0.15, 0.2) is 0 Å². The minimum Gasteiger partial charge on any atom is -0.382 e. The lowest BCUT2D eigenvalue weighted by atomic mass is 9.77. The van der Waals surface area contributed by atoms with Gasteiger partial charge in [0.1, 0.15) is 11.6 Å². The van der Waals surface area contributed by atoms with E-state index in [4.69, 9.17) is 0 Å².